The van der Waals surface area contributed by atoms with Crippen LogP contribution < -0.4 is 0 Å². The topological polar surface area (TPSA) is 146 Å². The molecule has 0 aliphatic carbocycles. The van der Waals surface area contributed by atoms with Crippen LogP contribution in [-0.4, -0.2) is 95.1 Å². The van der Waals surface area contributed by atoms with Crippen LogP contribution in [0.5, 0.6) is 0 Å². The zero-order valence-corrected chi connectivity index (χ0v) is 29.6. The summed E-state index contributed by atoms with van der Waals surface area (Å²) < 4.78 is 21.4. The van der Waals surface area contributed by atoms with Crippen molar-refractivity contribution in [1.29, 1.82) is 0 Å². The van der Waals surface area contributed by atoms with E-state index in [1.165, 1.54) is 9.80 Å². The summed E-state index contributed by atoms with van der Waals surface area (Å²) in [5, 5.41) is 0. The van der Waals surface area contributed by atoms with Gasteiger partial charge in [0.1, 0.15) is 17.2 Å². The Labute approximate surface area is 292 Å². The first-order chi connectivity index (χ1) is 23.4. The molecule has 2 aromatic rings. The van der Waals surface area contributed by atoms with E-state index < -0.39 is 72.2 Å². The maximum Gasteiger partial charge on any atom is 0.411 e. The SMILES string of the molecule is C=C(C(=O)OCC(=O)c1ccc(-c2ccc(C(=O)COC(=O)C3CCCN3C(=O)OC(C)(C)C)cc2)cc1)C1CCCN1C(=O)OC(C)(C)C. The highest BCUT2D eigenvalue weighted by atomic mass is 16.6. The molecule has 0 bridgehead atoms. The van der Waals surface area contributed by atoms with Gasteiger partial charge in [0.25, 0.3) is 0 Å². The van der Waals surface area contributed by atoms with Crippen LogP contribution in [-0.2, 0) is 28.5 Å². The number of carbonyl (C=O) groups is 6. The van der Waals surface area contributed by atoms with Gasteiger partial charge >= 0.3 is 24.1 Å². The summed E-state index contributed by atoms with van der Waals surface area (Å²) in [4.78, 5) is 78.9. The molecule has 2 unspecified atom stereocenters. The molecule has 2 amide bonds. The minimum absolute atomic E-state index is 0.0928. The second kappa shape index (κ2) is 15.7. The first-order valence-electron chi connectivity index (χ1n) is 16.7. The Morgan fingerprint density at radius 3 is 1.48 bits per heavy atom. The lowest BCUT2D eigenvalue weighted by Gasteiger charge is -2.29. The van der Waals surface area contributed by atoms with E-state index in [0.29, 0.717) is 49.9 Å². The molecule has 2 fully saturated rings. The van der Waals surface area contributed by atoms with Crippen molar-refractivity contribution in [2.75, 3.05) is 26.3 Å². The zero-order chi connectivity index (χ0) is 36.8. The van der Waals surface area contributed by atoms with Gasteiger partial charge in [0.05, 0.1) is 11.6 Å². The summed E-state index contributed by atoms with van der Waals surface area (Å²) in [6.07, 6.45) is 1.18. The number of hydrogen-bond acceptors (Lipinski definition) is 10. The maximum atomic E-state index is 12.8. The number of carbonyl (C=O) groups excluding carboxylic acids is 6. The third-order valence-corrected chi connectivity index (χ3v) is 8.13. The molecule has 2 aliphatic rings. The normalized spacial score (nSPS) is 17.6. The van der Waals surface area contributed by atoms with Crippen LogP contribution >= 0.6 is 0 Å². The van der Waals surface area contributed by atoms with Crippen molar-refractivity contribution in [3.05, 3.63) is 71.8 Å². The fourth-order valence-corrected chi connectivity index (χ4v) is 5.68. The van der Waals surface area contributed by atoms with Crippen molar-refractivity contribution in [3.63, 3.8) is 0 Å². The summed E-state index contributed by atoms with van der Waals surface area (Å²) in [5.74, 6) is -2.20. The standard InChI is InChI=1S/C38H46N2O10/c1-24(29-10-8-20-39(29)35(45)49-37(2,3)4)33(43)47-22-31(41)27-16-12-25(13-17-27)26-14-18-28(19-15-26)32(42)23-48-34(44)30-11-9-21-40(30)36(46)50-38(5,6)7/h12-19,29-30H,1,8-11,20-23H2,2-7H3. The van der Waals surface area contributed by atoms with Crippen LogP contribution in [0, 0.1) is 0 Å². The number of ether oxygens (including phenoxy) is 4. The van der Waals surface area contributed by atoms with Crippen molar-refractivity contribution < 1.29 is 47.7 Å². The van der Waals surface area contributed by atoms with Gasteiger partial charge in [-0.1, -0.05) is 55.1 Å². The van der Waals surface area contributed by atoms with Crippen molar-refractivity contribution in [3.8, 4) is 11.1 Å². The smallest absolute Gasteiger partial charge is 0.411 e. The molecule has 4 rings (SSSR count). The zero-order valence-electron chi connectivity index (χ0n) is 29.6. The second-order valence-electron chi connectivity index (χ2n) is 14.4. The molecular formula is C38H46N2O10. The van der Waals surface area contributed by atoms with Crippen molar-refractivity contribution in [2.24, 2.45) is 0 Å². The van der Waals surface area contributed by atoms with Gasteiger partial charge in [0, 0.05) is 24.2 Å². The highest BCUT2D eigenvalue weighted by Gasteiger charge is 2.38. The lowest BCUT2D eigenvalue weighted by molar-refractivity contribution is -0.147. The maximum absolute atomic E-state index is 12.8. The molecular weight excluding hydrogens is 644 g/mol. The lowest BCUT2D eigenvalue weighted by Crippen LogP contribution is -2.44. The Morgan fingerprint density at radius 1 is 0.640 bits per heavy atom. The first-order valence-corrected chi connectivity index (χ1v) is 16.7. The van der Waals surface area contributed by atoms with Crippen molar-refractivity contribution >= 4 is 35.7 Å². The molecule has 268 valence electrons. The van der Waals surface area contributed by atoms with Gasteiger partial charge in [-0.05, 0) is 78.4 Å². The van der Waals surface area contributed by atoms with E-state index in [0.717, 1.165) is 11.1 Å². The highest BCUT2D eigenvalue weighted by Crippen LogP contribution is 2.27. The van der Waals surface area contributed by atoms with E-state index in [4.69, 9.17) is 18.9 Å². The number of amides is 2. The van der Waals surface area contributed by atoms with Gasteiger partial charge in [-0.25, -0.2) is 19.2 Å². The predicted octanol–water partition coefficient (Wildman–Crippen LogP) is 6.16. The van der Waals surface area contributed by atoms with Crippen LogP contribution in [0.15, 0.2) is 60.7 Å². The van der Waals surface area contributed by atoms with Crippen LogP contribution in [0.3, 0.4) is 0 Å². The van der Waals surface area contributed by atoms with Crippen LogP contribution in [0.1, 0.15) is 87.9 Å². The lowest BCUT2D eigenvalue weighted by atomic mass is 10.0. The number of rotatable bonds is 10. The molecule has 12 heteroatoms. The van der Waals surface area contributed by atoms with E-state index >= 15 is 0 Å². The molecule has 2 saturated heterocycles. The predicted molar refractivity (Wildman–Crippen MR) is 184 cm³/mol. The van der Waals surface area contributed by atoms with Crippen LogP contribution in [0.2, 0.25) is 0 Å². The van der Waals surface area contributed by atoms with E-state index in [9.17, 15) is 28.8 Å². The summed E-state index contributed by atoms with van der Waals surface area (Å²) in [7, 11) is 0. The molecule has 0 N–H and O–H groups in total. The number of likely N-dealkylation sites (tertiary alicyclic amines) is 2. The van der Waals surface area contributed by atoms with Crippen LogP contribution in [0.25, 0.3) is 11.1 Å². The molecule has 0 spiro atoms. The van der Waals surface area contributed by atoms with Gasteiger partial charge in [0.15, 0.2) is 24.8 Å². The minimum Gasteiger partial charge on any atom is -0.456 e. The van der Waals surface area contributed by atoms with Crippen molar-refractivity contribution in [2.45, 2.75) is 90.5 Å². The molecule has 2 aliphatic heterocycles. The highest BCUT2D eigenvalue weighted by molar-refractivity contribution is 6.00. The molecule has 0 radical (unpaired) electrons. The fraction of sp³-hybridized carbons (Fsp3) is 0.474. The Hall–Kier alpha value is -5.00. The molecule has 0 saturated carbocycles. The van der Waals surface area contributed by atoms with Gasteiger partial charge in [-0.15, -0.1) is 0 Å². The first kappa shape index (κ1) is 37.8. The number of hydrogen-bond donors (Lipinski definition) is 0. The van der Waals surface area contributed by atoms with Gasteiger partial charge < -0.3 is 23.8 Å². The van der Waals surface area contributed by atoms with Crippen LogP contribution in [0.4, 0.5) is 9.59 Å². The van der Waals surface area contributed by atoms with E-state index in [1.807, 2.05) is 0 Å². The molecule has 2 heterocycles. The monoisotopic (exact) mass is 690 g/mol. The number of benzene rings is 2. The molecule has 12 nitrogen and oxygen atoms in total. The Balaban J connectivity index is 1.26. The summed E-state index contributed by atoms with van der Waals surface area (Å²) in [6.45, 7) is 14.2. The molecule has 50 heavy (non-hydrogen) atoms. The van der Waals surface area contributed by atoms with E-state index in [-0.39, 0.29) is 5.57 Å². The van der Waals surface area contributed by atoms with Gasteiger partial charge in [-0.3, -0.25) is 14.5 Å². The minimum atomic E-state index is -0.796. The Morgan fingerprint density at radius 2 is 1.04 bits per heavy atom. The average Bonchev–Trinajstić information content (AvgIpc) is 3.75. The number of ketones is 2. The Kier molecular flexibility index (Phi) is 11.9. The van der Waals surface area contributed by atoms with E-state index in [2.05, 4.69) is 6.58 Å². The number of esters is 2. The Bertz CT molecular complexity index is 1620. The fourth-order valence-electron chi connectivity index (χ4n) is 5.68. The third kappa shape index (κ3) is 10.0. The van der Waals surface area contributed by atoms with Gasteiger partial charge in [0.2, 0.25) is 0 Å². The quantitative estimate of drug-likeness (QED) is 0.123. The number of Topliss-reactive ketones (excluding diaryl/α,β-unsaturated/α-hetero) is 2. The molecule has 2 atom stereocenters. The second-order valence-corrected chi connectivity index (χ2v) is 14.4. The third-order valence-electron chi connectivity index (χ3n) is 8.13. The summed E-state index contributed by atoms with van der Waals surface area (Å²) in [6, 6.07) is 12.1. The summed E-state index contributed by atoms with van der Waals surface area (Å²) in [5.41, 5.74) is 0.960. The number of nitrogens with zero attached hydrogens (tertiary/aromatic N) is 2. The summed E-state index contributed by atoms with van der Waals surface area (Å²) >= 11 is 0. The van der Waals surface area contributed by atoms with Gasteiger partial charge in [-0.2, -0.15) is 0 Å². The largest absolute Gasteiger partial charge is 0.456 e. The molecule has 0 aromatic heterocycles. The van der Waals surface area contributed by atoms with E-state index in [1.54, 1.807) is 90.1 Å². The molecule has 2 aromatic carbocycles. The van der Waals surface area contributed by atoms with Crippen molar-refractivity contribution in [1.82, 2.24) is 9.80 Å². The average molecular weight is 691 g/mol.